The lowest BCUT2D eigenvalue weighted by atomic mass is 9.85. The maximum atomic E-state index is 6.41. The highest BCUT2D eigenvalue weighted by atomic mass is 16.3. The summed E-state index contributed by atoms with van der Waals surface area (Å²) in [5.74, 6) is 0.191. The van der Waals surface area contributed by atoms with Gasteiger partial charge in [-0.05, 0) is 135 Å². The molecule has 1 unspecified atom stereocenters. The number of hydrogen-bond donors (Lipinski definition) is 0. The Morgan fingerprint density at radius 3 is 1.29 bits per heavy atom. The average Bonchev–Trinajstić information content (AvgIpc) is 3.92. The quantitative estimate of drug-likeness (QED) is 0.134. The molecule has 0 saturated carbocycles. The average molecular weight is 832 g/mol. The molecule has 2 nitrogen and oxygen atoms in total. The zero-order valence-electron chi connectivity index (χ0n) is 35.9. The van der Waals surface area contributed by atoms with Gasteiger partial charge in [0.25, 0.3) is 0 Å². The van der Waals surface area contributed by atoms with Gasteiger partial charge >= 0.3 is 0 Å². The van der Waals surface area contributed by atoms with Crippen molar-refractivity contribution in [3.63, 3.8) is 0 Å². The van der Waals surface area contributed by atoms with Crippen molar-refractivity contribution >= 4 is 43.7 Å². The van der Waals surface area contributed by atoms with Crippen LogP contribution < -0.4 is 0 Å². The fourth-order valence-corrected chi connectivity index (χ4v) is 9.93. The summed E-state index contributed by atoms with van der Waals surface area (Å²) < 4.78 is 8.81. The number of fused-ring (bicyclic) bond motifs is 6. The molecule has 0 saturated heterocycles. The van der Waals surface area contributed by atoms with Crippen molar-refractivity contribution in [1.29, 1.82) is 0 Å². The molecule has 12 rings (SSSR count). The van der Waals surface area contributed by atoms with Gasteiger partial charge in [0, 0.05) is 33.2 Å². The van der Waals surface area contributed by atoms with Gasteiger partial charge in [0.05, 0.1) is 11.0 Å². The Hall–Kier alpha value is -8.20. The molecule has 0 N–H and O–H groups in total. The van der Waals surface area contributed by atoms with Crippen LogP contribution in [0.25, 0.3) is 93.9 Å². The molecule has 0 aliphatic rings. The van der Waals surface area contributed by atoms with Crippen LogP contribution in [0, 0.1) is 0 Å². The lowest BCUT2D eigenvalue weighted by Gasteiger charge is -2.19. The molecule has 2 heterocycles. The van der Waals surface area contributed by atoms with E-state index in [0.717, 1.165) is 40.5 Å². The van der Waals surface area contributed by atoms with E-state index in [4.69, 9.17) is 4.42 Å². The van der Waals surface area contributed by atoms with E-state index in [1.807, 2.05) is 0 Å². The number of rotatable bonds is 10. The summed E-state index contributed by atoms with van der Waals surface area (Å²) in [4.78, 5) is 0. The second kappa shape index (κ2) is 16.5. The van der Waals surface area contributed by atoms with E-state index in [2.05, 4.69) is 247 Å². The minimum atomic E-state index is 0.191. The van der Waals surface area contributed by atoms with E-state index in [1.165, 1.54) is 83.0 Å². The van der Waals surface area contributed by atoms with Crippen molar-refractivity contribution in [3.8, 4) is 50.2 Å². The fourth-order valence-electron chi connectivity index (χ4n) is 9.93. The maximum absolute atomic E-state index is 6.41. The van der Waals surface area contributed by atoms with Crippen molar-refractivity contribution in [3.05, 3.63) is 259 Å². The molecule has 10 aromatic carbocycles. The van der Waals surface area contributed by atoms with E-state index < -0.39 is 0 Å². The Bertz CT molecular complexity index is 3610. The monoisotopic (exact) mass is 831 g/mol. The highest BCUT2D eigenvalue weighted by Gasteiger charge is 2.19. The summed E-state index contributed by atoms with van der Waals surface area (Å²) in [6.07, 6.45) is 1.91. The van der Waals surface area contributed by atoms with Crippen LogP contribution in [0.4, 0.5) is 0 Å². The molecule has 308 valence electrons. The number of nitrogens with zero attached hydrogens (tertiary/aromatic N) is 1. The predicted octanol–water partition coefficient (Wildman–Crippen LogP) is 17.1. The summed E-state index contributed by atoms with van der Waals surface area (Å²) in [7, 11) is 0. The SMILES string of the molecule is c1ccc(-c2ccc(C(CCc3ccc(-c4ccc5c(c4)c4cc(-c6ccccc6)ccc4n5-c4ccccc4)cc3)c3ccc4oc5ccc(-c6ccccc6)cc5c4c3)cc2)cc1. The molecule has 0 bridgehead atoms. The molecule has 0 spiro atoms. The number of para-hydroxylation sites is 1. The van der Waals surface area contributed by atoms with Gasteiger partial charge in [-0.25, -0.2) is 0 Å². The van der Waals surface area contributed by atoms with Crippen LogP contribution in [0.1, 0.15) is 29.0 Å². The van der Waals surface area contributed by atoms with Gasteiger partial charge in [0.15, 0.2) is 0 Å². The molecule has 0 fully saturated rings. The van der Waals surface area contributed by atoms with Gasteiger partial charge in [0.1, 0.15) is 11.2 Å². The first-order valence-corrected chi connectivity index (χ1v) is 22.7. The number of aromatic nitrogens is 1. The van der Waals surface area contributed by atoms with Gasteiger partial charge in [-0.1, -0.05) is 182 Å². The molecule has 0 aliphatic carbocycles. The number of aryl methyl sites for hydroxylation is 1. The molecule has 2 aromatic heterocycles. The maximum Gasteiger partial charge on any atom is 0.135 e. The topological polar surface area (TPSA) is 18.1 Å². The molecule has 2 heteroatoms. The Labute approximate surface area is 379 Å². The van der Waals surface area contributed by atoms with E-state index in [1.54, 1.807) is 0 Å². The van der Waals surface area contributed by atoms with Crippen molar-refractivity contribution in [1.82, 2.24) is 4.57 Å². The van der Waals surface area contributed by atoms with E-state index >= 15 is 0 Å². The molecule has 0 amide bonds. The minimum Gasteiger partial charge on any atom is -0.456 e. The van der Waals surface area contributed by atoms with E-state index in [0.29, 0.717) is 0 Å². The van der Waals surface area contributed by atoms with Crippen LogP contribution in [0.2, 0.25) is 0 Å². The minimum absolute atomic E-state index is 0.191. The lowest BCUT2D eigenvalue weighted by Crippen LogP contribution is -2.03. The van der Waals surface area contributed by atoms with Gasteiger partial charge in [-0.3, -0.25) is 0 Å². The zero-order valence-corrected chi connectivity index (χ0v) is 35.9. The second-order valence-corrected chi connectivity index (χ2v) is 17.2. The first kappa shape index (κ1) is 38.5. The predicted molar refractivity (Wildman–Crippen MR) is 273 cm³/mol. The van der Waals surface area contributed by atoms with Crippen LogP contribution in [-0.4, -0.2) is 4.57 Å². The van der Waals surface area contributed by atoms with Crippen molar-refractivity contribution in [2.45, 2.75) is 18.8 Å². The summed E-state index contributed by atoms with van der Waals surface area (Å²) >= 11 is 0. The summed E-state index contributed by atoms with van der Waals surface area (Å²) in [6, 6.07) is 88.3. The largest absolute Gasteiger partial charge is 0.456 e. The highest BCUT2D eigenvalue weighted by molar-refractivity contribution is 6.12. The molecule has 65 heavy (non-hydrogen) atoms. The van der Waals surface area contributed by atoms with Gasteiger partial charge in [-0.15, -0.1) is 0 Å². The van der Waals surface area contributed by atoms with Gasteiger partial charge in [0.2, 0.25) is 0 Å². The molecule has 1 atom stereocenters. The van der Waals surface area contributed by atoms with Crippen LogP contribution in [-0.2, 0) is 6.42 Å². The smallest absolute Gasteiger partial charge is 0.135 e. The van der Waals surface area contributed by atoms with Crippen molar-refractivity contribution in [2.24, 2.45) is 0 Å². The Morgan fingerprint density at radius 1 is 0.323 bits per heavy atom. The second-order valence-electron chi connectivity index (χ2n) is 17.2. The summed E-state index contributed by atoms with van der Waals surface area (Å²) in [6.45, 7) is 0. The number of furan rings is 1. The third-order valence-electron chi connectivity index (χ3n) is 13.3. The van der Waals surface area contributed by atoms with Crippen LogP contribution in [0.15, 0.2) is 247 Å². The normalized spacial score (nSPS) is 12.1. The highest BCUT2D eigenvalue weighted by Crippen LogP contribution is 2.40. The Morgan fingerprint density at radius 2 is 0.723 bits per heavy atom. The van der Waals surface area contributed by atoms with Crippen LogP contribution in [0.5, 0.6) is 0 Å². The van der Waals surface area contributed by atoms with Crippen LogP contribution in [0.3, 0.4) is 0 Å². The number of benzene rings is 10. The van der Waals surface area contributed by atoms with E-state index in [9.17, 15) is 0 Å². The third kappa shape index (κ3) is 7.29. The molecule has 0 aliphatic heterocycles. The van der Waals surface area contributed by atoms with Gasteiger partial charge in [-0.2, -0.15) is 0 Å². The van der Waals surface area contributed by atoms with Crippen molar-refractivity contribution in [2.75, 3.05) is 0 Å². The van der Waals surface area contributed by atoms with Crippen molar-refractivity contribution < 1.29 is 4.42 Å². The third-order valence-corrected chi connectivity index (χ3v) is 13.3. The molecular weight excluding hydrogens is 787 g/mol. The fraction of sp³-hybridized carbons (Fsp3) is 0.0476. The first-order valence-electron chi connectivity index (χ1n) is 22.7. The Balaban J connectivity index is 0.880. The first-order chi connectivity index (χ1) is 32.2. The van der Waals surface area contributed by atoms with Crippen LogP contribution >= 0.6 is 0 Å². The lowest BCUT2D eigenvalue weighted by molar-refractivity contribution is 0.668. The molecule has 0 radical (unpaired) electrons. The molecular formula is C63H45NO. The standard InChI is InChI=1S/C63H45NO/c1-5-13-44(14-6-1)47-26-28-49(29-27-47)55(53-33-38-63-59(42-53)58-41-52(32-37-62(58)65-63)46-17-9-3-10-18-46)34-23-43-21-24-48(25-22-43)51-31-36-61-57(40-51)56-39-50(45-15-7-2-8-16-45)30-35-60(56)64(61)54-19-11-4-12-20-54/h1-22,24-33,35-42,55H,23,34H2. The molecule has 12 aromatic rings. The summed E-state index contributed by atoms with van der Waals surface area (Å²) in [5, 5.41) is 4.81. The van der Waals surface area contributed by atoms with E-state index in [-0.39, 0.29) is 5.92 Å². The van der Waals surface area contributed by atoms with Gasteiger partial charge < -0.3 is 8.98 Å². The summed E-state index contributed by atoms with van der Waals surface area (Å²) in [5.41, 5.74) is 19.1. The number of hydrogen-bond acceptors (Lipinski definition) is 1. The Kier molecular flexibility index (Phi) is 9.76. The zero-order chi connectivity index (χ0) is 43.1.